The summed E-state index contributed by atoms with van der Waals surface area (Å²) >= 11 is 0. The molecule has 1 aromatic heterocycles. The average molecular weight is 301 g/mol. The predicted molar refractivity (Wildman–Crippen MR) is 79.0 cm³/mol. The number of aromatic nitrogens is 1. The number of hydrogen-bond acceptors (Lipinski definition) is 3. The van der Waals surface area contributed by atoms with Crippen LogP contribution in [-0.2, 0) is 7.05 Å². The van der Waals surface area contributed by atoms with E-state index in [9.17, 15) is 9.18 Å². The van der Waals surface area contributed by atoms with Gasteiger partial charge in [-0.05, 0) is 30.7 Å². The van der Waals surface area contributed by atoms with Crippen molar-refractivity contribution in [1.29, 1.82) is 5.26 Å². The maximum absolute atomic E-state index is 13.7. The van der Waals surface area contributed by atoms with E-state index in [1.54, 1.807) is 30.8 Å². The lowest BCUT2D eigenvalue weighted by Crippen LogP contribution is -2.28. The van der Waals surface area contributed by atoms with Crippen molar-refractivity contribution in [1.82, 2.24) is 9.88 Å². The first-order valence-electron chi connectivity index (χ1n) is 6.67. The molecule has 0 aliphatic heterocycles. The molecule has 0 radical (unpaired) electrons. The van der Waals surface area contributed by atoms with Crippen molar-refractivity contribution < 1.29 is 13.9 Å². The van der Waals surface area contributed by atoms with Crippen molar-refractivity contribution in [2.45, 2.75) is 13.0 Å². The number of hydrogen-bond donors (Lipinski definition) is 1. The third-order valence-electron chi connectivity index (χ3n) is 3.39. The highest BCUT2D eigenvalue weighted by molar-refractivity contribution is 5.93. The Balaban J connectivity index is 2.16. The van der Waals surface area contributed by atoms with Crippen LogP contribution in [0.2, 0.25) is 0 Å². The number of nitrogens with zero attached hydrogens (tertiary/aromatic N) is 2. The molecule has 0 saturated heterocycles. The first kappa shape index (κ1) is 15.6. The second-order valence-corrected chi connectivity index (χ2v) is 4.93. The Morgan fingerprint density at radius 3 is 2.73 bits per heavy atom. The number of aryl methyl sites for hydroxylation is 1. The Labute approximate surface area is 127 Å². The summed E-state index contributed by atoms with van der Waals surface area (Å²) in [4.78, 5) is 12.2. The van der Waals surface area contributed by atoms with E-state index < -0.39 is 5.82 Å². The molecule has 114 valence electrons. The van der Waals surface area contributed by atoms with Crippen LogP contribution in [0.15, 0.2) is 30.5 Å². The van der Waals surface area contributed by atoms with Crippen molar-refractivity contribution >= 4 is 5.91 Å². The lowest BCUT2D eigenvalue weighted by molar-refractivity contribution is 0.0931. The Bertz CT molecular complexity index is 746. The number of methoxy groups -OCH3 is 1. The molecule has 0 fully saturated rings. The topological polar surface area (TPSA) is 67.0 Å². The summed E-state index contributed by atoms with van der Waals surface area (Å²) in [5.74, 6) is -0.650. The van der Waals surface area contributed by atoms with Crippen LogP contribution in [0.25, 0.3) is 0 Å². The molecule has 5 nitrogen and oxygen atoms in total. The number of benzene rings is 1. The summed E-state index contributed by atoms with van der Waals surface area (Å²) in [5, 5.41) is 11.6. The maximum atomic E-state index is 13.7. The summed E-state index contributed by atoms with van der Waals surface area (Å²) in [6.07, 6.45) is 1.58. The summed E-state index contributed by atoms with van der Waals surface area (Å²) in [6, 6.07) is 7.65. The number of nitrogens with one attached hydrogen (secondary N) is 1. The quantitative estimate of drug-likeness (QED) is 0.943. The van der Waals surface area contributed by atoms with E-state index in [2.05, 4.69) is 5.32 Å². The highest BCUT2D eigenvalue weighted by Crippen LogP contribution is 2.22. The third-order valence-corrected chi connectivity index (χ3v) is 3.39. The van der Waals surface area contributed by atoms with Gasteiger partial charge >= 0.3 is 0 Å². The minimum atomic E-state index is -0.480. The minimum Gasteiger partial charge on any atom is -0.494 e. The summed E-state index contributed by atoms with van der Waals surface area (Å²) < 4.78 is 20.1. The van der Waals surface area contributed by atoms with Crippen LogP contribution in [0.3, 0.4) is 0 Å². The minimum absolute atomic E-state index is 0.156. The van der Waals surface area contributed by atoms with Crippen molar-refractivity contribution in [3.8, 4) is 11.8 Å². The van der Waals surface area contributed by atoms with E-state index >= 15 is 0 Å². The Morgan fingerprint density at radius 2 is 2.18 bits per heavy atom. The van der Waals surface area contributed by atoms with Crippen molar-refractivity contribution in [2.24, 2.45) is 7.05 Å². The van der Waals surface area contributed by atoms with Gasteiger partial charge in [-0.25, -0.2) is 4.39 Å². The van der Waals surface area contributed by atoms with Gasteiger partial charge in [0.25, 0.3) is 5.91 Å². The van der Waals surface area contributed by atoms with Crippen LogP contribution in [0.5, 0.6) is 5.75 Å². The second-order valence-electron chi connectivity index (χ2n) is 4.93. The number of rotatable bonds is 4. The lowest BCUT2D eigenvalue weighted by Gasteiger charge is -2.15. The van der Waals surface area contributed by atoms with E-state index in [0.717, 1.165) is 0 Å². The predicted octanol–water partition coefficient (Wildman–Crippen LogP) is 2.54. The number of nitriles is 1. The molecule has 22 heavy (non-hydrogen) atoms. The first-order valence-corrected chi connectivity index (χ1v) is 6.67. The van der Waals surface area contributed by atoms with E-state index in [0.29, 0.717) is 16.8 Å². The normalized spacial score (nSPS) is 11.6. The number of amides is 1. The van der Waals surface area contributed by atoms with Gasteiger partial charge < -0.3 is 14.6 Å². The summed E-state index contributed by atoms with van der Waals surface area (Å²) in [7, 11) is 3.08. The standard InChI is InChI=1S/C16H16FN3O2/c1-10(12-4-5-15(22-3)13(17)7-12)19-16(21)14-6-11(8-18)9-20(14)2/h4-7,9-10H,1-3H3,(H,19,21)/t10-/m1/s1. The SMILES string of the molecule is COc1ccc([C@@H](C)NC(=O)c2cc(C#N)cn2C)cc1F. The molecule has 2 aromatic rings. The van der Waals surface area contributed by atoms with Gasteiger partial charge in [0, 0.05) is 13.2 Å². The van der Waals surface area contributed by atoms with Crippen molar-refractivity contribution in [3.05, 3.63) is 53.1 Å². The van der Waals surface area contributed by atoms with Gasteiger partial charge in [-0.2, -0.15) is 5.26 Å². The van der Waals surface area contributed by atoms with E-state index in [1.165, 1.54) is 25.3 Å². The molecule has 1 aromatic carbocycles. The van der Waals surface area contributed by atoms with Crippen molar-refractivity contribution in [3.63, 3.8) is 0 Å². The molecule has 2 rings (SSSR count). The Hall–Kier alpha value is -2.81. The van der Waals surface area contributed by atoms with Gasteiger partial charge in [0.15, 0.2) is 11.6 Å². The molecule has 1 amide bonds. The van der Waals surface area contributed by atoms with Crippen LogP contribution < -0.4 is 10.1 Å². The molecule has 6 heteroatoms. The van der Waals surface area contributed by atoms with E-state index in [-0.39, 0.29) is 17.7 Å². The monoisotopic (exact) mass is 301 g/mol. The lowest BCUT2D eigenvalue weighted by atomic mass is 10.1. The Kier molecular flexibility index (Phi) is 4.47. The van der Waals surface area contributed by atoms with Gasteiger partial charge in [-0.1, -0.05) is 6.07 Å². The average Bonchev–Trinajstić information content (AvgIpc) is 2.88. The zero-order valence-electron chi connectivity index (χ0n) is 12.6. The number of ether oxygens (including phenoxy) is 1. The zero-order valence-corrected chi connectivity index (χ0v) is 12.6. The van der Waals surface area contributed by atoms with Crippen LogP contribution in [-0.4, -0.2) is 17.6 Å². The third kappa shape index (κ3) is 3.09. The largest absolute Gasteiger partial charge is 0.494 e. The fourth-order valence-corrected chi connectivity index (χ4v) is 2.16. The van der Waals surface area contributed by atoms with Gasteiger partial charge in [-0.3, -0.25) is 4.79 Å². The van der Waals surface area contributed by atoms with Gasteiger partial charge in [0.1, 0.15) is 11.8 Å². The van der Waals surface area contributed by atoms with Crippen LogP contribution in [0, 0.1) is 17.1 Å². The molecule has 0 saturated carbocycles. The smallest absolute Gasteiger partial charge is 0.268 e. The van der Waals surface area contributed by atoms with Gasteiger partial charge in [0.2, 0.25) is 0 Å². The molecule has 0 aliphatic rings. The maximum Gasteiger partial charge on any atom is 0.268 e. The van der Waals surface area contributed by atoms with Crippen LogP contribution in [0.4, 0.5) is 4.39 Å². The number of carbonyl (C=O) groups excluding carboxylic acids is 1. The molecular formula is C16H16FN3O2. The number of halogens is 1. The highest BCUT2D eigenvalue weighted by Gasteiger charge is 2.16. The van der Waals surface area contributed by atoms with Crippen LogP contribution >= 0.6 is 0 Å². The molecule has 0 spiro atoms. The molecular weight excluding hydrogens is 285 g/mol. The zero-order chi connectivity index (χ0) is 16.3. The molecule has 1 atom stereocenters. The second kappa shape index (κ2) is 6.31. The summed E-state index contributed by atoms with van der Waals surface area (Å²) in [6.45, 7) is 1.76. The first-order chi connectivity index (χ1) is 10.5. The van der Waals surface area contributed by atoms with E-state index in [4.69, 9.17) is 10.00 Å². The molecule has 1 N–H and O–H groups in total. The van der Waals surface area contributed by atoms with Crippen LogP contribution in [0.1, 0.15) is 34.6 Å². The fourth-order valence-electron chi connectivity index (χ4n) is 2.16. The molecule has 0 unspecified atom stereocenters. The molecule has 0 aliphatic carbocycles. The Morgan fingerprint density at radius 1 is 1.45 bits per heavy atom. The van der Waals surface area contributed by atoms with Gasteiger partial charge in [0.05, 0.1) is 18.7 Å². The molecule has 1 heterocycles. The van der Waals surface area contributed by atoms with Gasteiger partial charge in [-0.15, -0.1) is 0 Å². The molecule has 0 bridgehead atoms. The fraction of sp³-hybridized carbons (Fsp3) is 0.250. The number of carbonyl (C=O) groups is 1. The van der Waals surface area contributed by atoms with Crippen molar-refractivity contribution in [2.75, 3.05) is 7.11 Å². The summed E-state index contributed by atoms with van der Waals surface area (Å²) in [5.41, 5.74) is 1.41. The highest BCUT2D eigenvalue weighted by atomic mass is 19.1. The van der Waals surface area contributed by atoms with E-state index in [1.807, 2.05) is 6.07 Å².